The monoisotopic (exact) mass is 326 g/mol. The molecule has 0 radical (unpaired) electrons. The fraction of sp³-hybridized carbons (Fsp3) is 0.278. The first kappa shape index (κ1) is 16.0. The molecule has 1 aliphatic heterocycles. The van der Waals surface area contributed by atoms with Crippen molar-refractivity contribution in [3.63, 3.8) is 0 Å². The quantitative estimate of drug-likeness (QED) is 0.911. The van der Waals surface area contributed by atoms with Crippen molar-refractivity contribution >= 4 is 11.9 Å². The third kappa shape index (κ3) is 3.71. The highest BCUT2D eigenvalue weighted by atomic mass is 16.5. The zero-order valence-corrected chi connectivity index (χ0v) is 13.1. The van der Waals surface area contributed by atoms with Crippen LogP contribution >= 0.6 is 0 Å². The average Bonchev–Trinajstić information content (AvgIpc) is 3.11. The average molecular weight is 326 g/mol. The number of aromatic nitrogens is 1. The molecule has 1 saturated heterocycles. The van der Waals surface area contributed by atoms with Crippen LogP contribution in [0.1, 0.15) is 22.5 Å². The van der Waals surface area contributed by atoms with E-state index in [1.165, 1.54) is 0 Å². The van der Waals surface area contributed by atoms with Gasteiger partial charge in [0.2, 0.25) is 0 Å². The number of benzene rings is 1. The van der Waals surface area contributed by atoms with Crippen molar-refractivity contribution in [1.29, 1.82) is 0 Å². The number of amides is 1. The van der Waals surface area contributed by atoms with Crippen LogP contribution < -0.4 is 4.74 Å². The predicted octanol–water partition coefficient (Wildman–Crippen LogP) is 2.21. The van der Waals surface area contributed by atoms with E-state index in [4.69, 9.17) is 9.84 Å². The zero-order chi connectivity index (χ0) is 16.9. The summed E-state index contributed by atoms with van der Waals surface area (Å²) in [4.78, 5) is 29.1. The van der Waals surface area contributed by atoms with Gasteiger partial charge < -0.3 is 14.7 Å². The topological polar surface area (TPSA) is 79.7 Å². The van der Waals surface area contributed by atoms with Crippen LogP contribution in [0.4, 0.5) is 0 Å². The lowest BCUT2D eigenvalue weighted by atomic mass is 10.1. The molecule has 1 aromatic carbocycles. The van der Waals surface area contributed by atoms with Crippen molar-refractivity contribution in [2.45, 2.75) is 13.0 Å². The fourth-order valence-electron chi connectivity index (χ4n) is 2.66. The van der Waals surface area contributed by atoms with E-state index in [2.05, 4.69) is 4.98 Å². The smallest absolute Gasteiger partial charge is 0.308 e. The SMILES string of the molecule is O=C(O)C1CCN(C(=O)c2ccc(OCc3ccccn3)cc2)C1. The van der Waals surface area contributed by atoms with Gasteiger partial charge in [-0.15, -0.1) is 0 Å². The Labute approximate surface area is 139 Å². The van der Waals surface area contributed by atoms with Crippen LogP contribution in [0.2, 0.25) is 0 Å². The Bertz CT molecular complexity index is 716. The maximum absolute atomic E-state index is 12.4. The highest BCUT2D eigenvalue weighted by Crippen LogP contribution is 2.20. The summed E-state index contributed by atoms with van der Waals surface area (Å²) >= 11 is 0. The summed E-state index contributed by atoms with van der Waals surface area (Å²) in [5.41, 5.74) is 1.36. The van der Waals surface area contributed by atoms with Gasteiger partial charge in [0, 0.05) is 24.8 Å². The van der Waals surface area contributed by atoms with Gasteiger partial charge in [0.05, 0.1) is 11.6 Å². The number of likely N-dealkylation sites (tertiary alicyclic amines) is 1. The molecule has 6 heteroatoms. The Hall–Kier alpha value is -2.89. The van der Waals surface area contributed by atoms with Crippen LogP contribution in [0.15, 0.2) is 48.7 Å². The number of hydrogen-bond donors (Lipinski definition) is 1. The van der Waals surface area contributed by atoms with Crippen molar-refractivity contribution in [2.24, 2.45) is 5.92 Å². The number of rotatable bonds is 5. The molecule has 0 aliphatic carbocycles. The van der Waals surface area contributed by atoms with E-state index in [-0.39, 0.29) is 12.5 Å². The Morgan fingerprint density at radius 1 is 1.21 bits per heavy atom. The summed E-state index contributed by atoms with van der Waals surface area (Å²) in [5.74, 6) is -0.796. The Kier molecular flexibility index (Phi) is 4.74. The number of carbonyl (C=O) groups excluding carboxylic acids is 1. The largest absolute Gasteiger partial charge is 0.487 e. The highest BCUT2D eigenvalue weighted by Gasteiger charge is 2.31. The molecule has 1 aliphatic rings. The lowest BCUT2D eigenvalue weighted by Gasteiger charge is -2.16. The Morgan fingerprint density at radius 3 is 2.62 bits per heavy atom. The first-order valence-corrected chi connectivity index (χ1v) is 7.78. The molecular formula is C18H18N2O4. The minimum absolute atomic E-state index is 0.143. The molecule has 0 saturated carbocycles. The molecule has 1 unspecified atom stereocenters. The van der Waals surface area contributed by atoms with Crippen molar-refractivity contribution in [3.8, 4) is 5.75 Å². The molecule has 6 nitrogen and oxygen atoms in total. The molecule has 1 amide bonds. The van der Waals surface area contributed by atoms with Crippen LogP contribution in [0.3, 0.4) is 0 Å². The second-order valence-corrected chi connectivity index (χ2v) is 5.71. The fourth-order valence-corrected chi connectivity index (χ4v) is 2.66. The summed E-state index contributed by atoms with van der Waals surface area (Å²) in [6.07, 6.45) is 2.22. The van der Waals surface area contributed by atoms with Crippen molar-refractivity contribution in [2.75, 3.05) is 13.1 Å². The van der Waals surface area contributed by atoms with Gasteiger partial charge in [-0.3, -0.25) is 14.6 Å². The zero-order valence-electron chi connectivity index (χ0n) is 13.1. The number of carboxylic acid groups (broad SMARTS) is 1. The molecule has 124 valence electrons. The minimum Gasteiger partial charge on any atom is -0.487 e. The second kappa shape index (κ2) is 7.12. The maximum atomic E-state index is 12.4. The number of carboxylic acids is 1. The standard InChI is InChI=1S/C18H18N2O4/c21-17(20-10-8-14(11-20)18(22)23)13-4-6-16(7-5-13)24-12-15-3-1-2-9-19-15/h1-7,9,14H,8,10-12H2,(H,22,23). The Balaban J connectivity index is 1.58. The number of pyridine rings is 1. The normalized spacial score (nSPS) is 16.8. The molecule has 1 atom stereocenters. The van der Waals surface area contributed by atoms with Gasteiger partial charge in [-0.1, -0.05) is 6.07 Å². The number of aliphatic carboxylic acids is 1. The molecular weight excluding hydrogens is 308 g/mol. The summed E-state index contributed by atoms with van der Waals surface area (Å²) < 4.78 is 5.64. The Morgan fingerprint density at radius 2 is 2.00 bits per heavy atom. The minimum atomic E-state index is -0.844. The summed E-state index contributed by atoms with van der Waals surface area (Å²) in [6.45, 7) is 1.11. The van der Waals surface area contributed by atoms with E-state index in [0.29, 0.717) is 30.9 Å². The van der Waals surface area contributed by atoms with Gasteiger partial charge in [-0.2, -0.15) is 0 Å². The summed E-state index contributed by atoms with van der Waals surface area (Å²) in [7, 11) is 0. The van der Waals surface area contributed by atoms with Gasteiger partial charge in [-0.25, -0.2) is 0 Å². The first-order chi connectivity index (χ1) is 11.6. The highest BCUT2D eigenvalue weighted by molar-refractivity contribution is 5.94. The van der Waals surface area contributed by atoms with Crippen LogP contribution in [-0.2, 0) is 11.4 Å². The number of nitrogens with zero attached hydrogens (tertiary/aromatic N) is 2. The van der Waals surface area contributed by atoms with Gasteiger partial charge in [0.1, 0.15) is 12.4 Å². The van der Waals surface area contributed by atoms with E-state index in [1.807, 2.05) is 18.2 Å². The molecule has 1 fully saturated rings. The van der Waals surface area contributed by atoms with Crippen molar-refractivity contribution in [1.82, 2.24) is 9.88 Å². The van der Waals surface area contributed by atoms with Crippen molar-refractivity contribution in [3.05, 3.63) is 59.9 Å². The van der Waals surface area contributed by atoms with E-state index in [0.717, 1.165) is 5.69 Å². The number of ether oxygens (including phenoxy) is 1. The maximum Gasteiger partial charge on any atom is 0.308 e. The molecule has 0 bridgehead atoms. The van der Waals surface area contributed by atoms with Crippen LogP contribution in [-0.4, -0.2) is 40.0 Å². The van der Waals surface area contributed by atoms with Crippen LogP contribution in [0.5, 0.6) is 5.75 Å². The van der Waals surface area contributed by atoms with Gasteiger partial charge in [-0.05, 0) is 42.8 Å². The summed E-state index contributed by atoms with van der Waals surface area (Å²) in [5, 5.41) is 9.01. The van der Waals surface area contributed by atoms with Crippen LogP contribution in [0, 0.1) is 5.92 Å². The molecule has 0 spiro atoms. The van der Waals surface area contributed by atoms with E-state index >= 15 is 0 Å². The molecule has 2 heterocycles. The first-order valence-electron chi connectivity index (χ1n) is 7.78. The van der Waals surface area contributed by atoms with Gasteiger partial charge in [0.25, 0.3) is 5.91 Å². The molecule has 24 heavy (non-hydrogen) atoms. The molecule has 1 aromatic heterocycles. The van der Waals surface area contributed by atoms with Gasteiger partial charge in [0.15, 0.2) is 0 Å². The second-order valence-electron chi connectivity index (χ2n) is 5.71. The molecule has 2 aromatic rings. The summed E-state index contributed by atoms with van der Waals surface area (Å²) in [6, 6.07) is 12.5. The van der Waals surface area contributed by atoms with Crippen molar-refractivity contribution < 1.29 is 19.4 Å². The van der Waals surface area contributed by atoms with E-state index in [9.17, 15) is 9.59 Å². The predicted molar refractivity (Wildman–Crippen MR) is 86.7 cm³/mol. The molecule has 1 N–H and O–H groups in total. The lowest BCUT2D eigenvalue weighted by Crippen LogP contribution is -2.29. The van der Waals surface area contributed by atoms with Crippen LogP contribution in [0.25, 0.3) is 0 Å². The number of carbonyl (C=O) groups is 2. The number of hydrogen-bond acceptors (Lipinski definition) is 4. The molecule has 3 rings (SSSR count). The van der Waals surface area contributed by atoms with Gasteiger partial charge >= 0.3 is 5.97 Å². The van der Waals surface area contributed by atoms with E-state index < -0.39 is 11.9 Å². The lowest BCUT2D eigenvalue weighted by molar-refractivity contribution is -0.141. The third-order valence-corrected chi connectivity index (χ3v) is 4.04. The third-order valence-electron chi connectivity index (χ3n) is 4.04. The van der Waals surface area contributed by atoms with E-state index in [1.54, 1.807) is 35.4 Å².